The van der Waals surface area contributed by atoms with Gasteiger partial charge in [-0.2, -0.15) is 0 Å². The van der Waals surface area contributed by atoms with Gasteiger partial charge in [0, 0.05) is 6.42 Å². The van der Waals surface area contributed by atoms with Crippen molar-refractivity contribution in [1.82, 2.24) is 4.57 Å². The molecule has 1 aromatic carbocycles. The van der Waals surface area contributed by atoms with E-state index in [0.29, 0.717) is 0 Å². The molecular weight excluding hydrogens is 256 g/mol. The number of unbranched alkanes of at least 4 members (excludes halogenated alkanes) is 5. The smallest absolute Gasteiger partial charge is 0.237 e. The average Bonchev–Trinajstić information content (AvgIpc) is 2.84. The van der Waals surface area contributed by atoms with Crippen molar-refractivity contribution in [2.45, 2.75) is 58.4 Å². The lowest BCUT2D eigenvalue weighted by Gasteiger charge is -2.04. The van der Waals surface area contributed by atoms with Crippen LogP contribution >= 0.6 is 0 Å². The summed E-state index contributed by atoms with van der Waals surface area (Å²) in [6, 6.07) is 10.7. The average molecular weight is 285 g/mol. The van der Waals surface area contributed by atoms with E-state index in [1.165, 1.54) is 56.3 Å². The Hall–Kier alpha value is -1.57. The quantitative estimate of drug-likeness (QED) is 0.481. The summed E-state index contributed by atoms with van der Waals surface area (Å²) in [6.45, 7) is 3.25. The molecule has 114 valence electrons. The molecular formula is C19H29N2+. The van der Waals surface area contributed by atoms with Gasteiger partial charge in [-0.15, -0.1) is 0 Å². The Morgan fingerprint density at radius 2 is 1.67 bits per heavy atom. The van der Waals surface area contributed by atoms with Crippen LogP contribution in [0.5, 0.6) is 0 Å². The molecule has 1 heterocycles. The van der Waals surface area contributed by atoms with Crippen molar-refractivity contribution in [3.05, 3.63) is 54.1 Å². The third kappa shape index (κ3) is 5.04. The standard InChI is InChI=1S/C19H29N2/c1-3-4-5-6-7-11-14-19-20(2)15-16-21(19)17-18-12-9-8-10-13-18/h8-10,12-13,15-16H,3-7,11,14,17H2,1-2H3/q+1. The van der Waals surface area contributed by atoms with Crippen LogP contribution in [0.1, 0.15) is 56.8 Å². The molecule has 0 bridgehead atoms. The van der Waals surface area contributed by atoms with E-state index in [1.807, 2.05) is 0 Å². The fourth-order valence-electron chi connectivity index (χ4n) is 2.86. The van der Waals surface area contributed by atoms with E-state index in [9.17, 15) is 0 Å². The number of aromatic nitrogens is 2. The number of hydrogen-bond acceptors (Lipinski definition) is 0. The first kappa shape index (κ1) is 15.8. The zero-order chi connectivity index (χ0) is 14.9. The molecule has 0 saturated heterocycles. The van der Waals surface area contributed by atoms with Crippen LogP contribution in [0.4, 0.5) is 0 Å². The van der Waals surface area contributed by atoms with Gasteiger partial charge in [0.1, 0.15) is 18.9 Å². The highest BCUT2D eigenvalue weighted by atomic mass is 15.1. The molecule has 0 atom stereocenters. The van der Waals surface area contributed by atoms with Crippen LogP contribution in [0.25, 0.3) is 0 Å². The maximum atomic E-state index is 2.39. The second kappa shape index (κ2) is 8.66. The number of imidazole rings is 1. The van der Waals surface area contributed by atoms with E-state index in [4.69, 9.17) is 0 Å². The van der Waals surface area contributed by atoms with Crippen molar-refractivity contribution in [3.63, 3.8) is 0 Å². The number of rotatable bonds is 9. The lowest BCUT2D eigenvalue weighted by Crippen LogP contribution is -2.32. The predicted octanol–water partition coefficient (Wildman–Crippen LogP) is 4.26. The van der Waals surface area contributed by atoms with Crippen LogP contribution in [0.15, 0.2) is 42.7 Å². The molecule has 2 rings (SSSR count). The molecule has 21 heavy (non-hydrogen) atoms. The highest BCUT2D eigenvalue weighted by Crippen LogP contribution is 2.10. The van der Waals surface area contributed by atoms with Crippen molar-refractivity contribution >= 4 is 0 Å². The summed E-state index contributed by atoms with van der Waals surface area (Å²) in [4.78, 5) is 0. The molecule has 0 saturated carbocycles. The fraction of sp³-hybridized carbons (Fsp3) is 0.526. The van der Waals surface area contributed by atoms with Crippen LogP contribution in [0.3, 0.4) is 0 Å². The summed E-state index contributed by atoms with van der Waals surface area (Å²) >= 11 is 0. The Morgan fingerprint density at radius 1 is 0.952 bits per heavy atom. The zero-order valence-electron chi connectivity index (χ0n) is 13.6. The molecule has 0 spiro atoms. The van der Waals surface area contributed by atoms with Gasteiger partial charge in [0.2, 0.25) is 0 Å². The van der Waals surface area contributed by atoms with Gasteiger partial charge in [-0.05, 0) is 12.0 Å². The maximum absolute atomic E-state index is 2.39. The first-order valence-corrected chi connectivity index (χ1v) is 8.39. The summed E-state index contributed by atoms with van der Waals surface area (Å²) in [5, 5.41) is 0. The molecule has 2 aromatic rings. The lowest BCUT2D eigenvalue weighted by molar-refractivity contribution is -0.678. The largest absolute Gasteiger partial charge is 0.256 e. The van der Waals surface area contributed by atoms with E-state index < -0.39 is 0 Å². The second-order valence-corrected chi connectivity index (χ2v) is 5.96. The molecule has 1 aromatic heterocycles. The van der Waals surface area contributed by atoms with Gasteiger partial charge < -0.3 is 0 Å². The van der Waals surface area contributed by atoms with Crippen LogP contribution in [-0.2, 0) is 20.0 Å². The molecule has 0 N–H and O–H groups in total. The van der Waals surface area contributed by atoms with Gasteiger partial charge in [0.25, 0.3) is 5.82 Å². The van der Waals surface area contributed by atoms with Gasteiger partial charge in [-0.25, -0.2) is 9.13 Å². The van der Waals surface area contributed by atoms with Crippen molar-refractivity contribution < 1.29 is 4.57 Å². The fourth-order valence-corrected chi connectivity index (χ4v) is 2.86. The zero-order valence-corrected chi connectivity index (χ0v) is 13.6. The first-order valence-electron chi connectivity index (χ1n) is 8.39. The van der Waals surface area contributed by atoms with Crippen molar-refractivity contribution in [3.8, 4) is 0 Å². The summed E-state index contributed by atoms with van der Waals surface area (Å²) in [5.74, 6) is 1.44. The Morgan fingerprint density at radius 3 is 2.43 bits per heavy atom. The minimum atomic E-state index is 0.979. The second-order valence-electron chi connectivity index (χ2n) is 5.96. The number of nitrogens with zero attached hydrogens (tertiary/aromatic N) is 2. The Bertz CT molecular complexity index is 514. The number of aryl methyl sites for hydroxylation is 1. The molecule has 2 heteroatoms. The third-order valence-electron chi connectivity index (χ3n) is 4.16. The van der Waals surface area contributed by atoms with E-state index >= 15 is 0 Å². The summed E-state index contributed by atoms with van der Waals surface area (Å²) in [7, 11) is 2.16. The van der Waals surface area contributed by atoms with E-state index in [0.717, 1.165) is 6.54 Å². The van der Waals surface area contributed by atoms with E-state index in [2.05, 4.69) is 65.8 Å². The lowest BCUT2D eigenvalue weighted by atomic mass is 10.1. The number of hydrogen-bond donors (Lipinski definition) is 0. The summed E-state index contributed by atoms with van der Waals surface area (Å²) < 4.78 is 4.66. The number of benzene rings is 1. The SMILES string of the molecule is CCCCCCCCc1n(Cc2ccccc2)cc[n+]1C. The Labute approximate surface area is 129 Å². The van der Waals surface area contributed by atoms with Crippen molar-refractivity contribution in [1.29, 1.82) is 0 Å². The van der Waals surface area contributed by atoms with Gasteiger partial charge in [-0.1, -0.05) is 69.4 Å². The van der Waals surface area contributed by atoms with E-state index in [-0.39, 0.29) is 0 Å². The van der Waals surface area contributed by atoms with Crippen LogP contribution in [0.2, 0.25) is 0 Å². The van der Waals surface area contributed by atoms with Crippen LogP contribution in [0, 0.1) is 0 Å². The van der Waals surface area contributed by atoms with E-state index in [1.54, 1.807) is 0 Å². The Kier molecular flexibility index (Phi) is 6.52. The minimum absolute atomic E-state index is 0.979. The van der Waals surface area contributed by atoms with Crippen LogP contribution in [-0.4, -0.2) is 4.57 Å². The highest BCUT2D eigenvalue weighted by molar-refractivity contribution is 5.15. The minimum Gasteiger partial charge on any atom is -0.237 e. The molecule has 0 fully saturated rings. The van der Waals surface area contributed by atoms with Gasteiger partial charge in [0.15, 0.2) is 0 Å². The molecule has 0 aliphatic carbocycles. The maximum Gasteiger partial charge on any atom is 0.256 e. The van der Waals surface area contributed by atoms with Gasteiger partial charge in [0.05, 0.1) is 7.05 Å². The highest BCUT2D eigenvalue weighted by Gasteiger charge is 2.14. The van der Waals surface area contributed by atoms with Crippen molar-refractivity contribution in [2.24, 2.45) is 7.05 Å². The molecule has 0 radical (unpaired) electrons. The molecule has 0 unspecified atom stereocenters. The predicted molar refractivity (Wildman–Crippen MR) is 88.2 cm³/mol. The Balaban J connectivity index is 1.86. The molecule has 0 amide bonds. The molecule has 0 aliphatic rings. The first-order chi connectivity index (χ1) is 10.3. The van der Waals surface area contributed by atoms with Gasteiger partial charge >= 0.3 is 0 Å². The monoisotopic (exact) mass is 285 g/mol. The summed E-state index contributed by atoms with van der Waals surface area (Å²) in [5.41, 5.74) is 1.37. The van der Waals surface area contributed by atoms with Crippen LogP contribution < -0.4 is 4.57 Å². The topological polar surface area (TPSA) is 8.81 Å². The molecule has 0 aliphatic heterocycles. The molecule has 2 nitrogen and oxygen atoms in total. The normalized spacial score (nSPS) is 11.0. The summed E-state index contributed by atoms with van der Waals surface area (Å²) in [6.07, 6.45) is 13.7. The van der Waals surface area contributed by atoms with Crippen molar-refractivity contribution in [2.75, 3.05) is 0 Å². The van der Waals surface area contributed by atoms with Gasteiger partial charge in [-0.3, -0.25) is 0 Å². The third-order valence-corrected chi connectivity index (χ3v) is 4.16.